The Hall–Kier alpha value is -3.60. The third kappa shape index (κ3) is 4.84. The summed E-state index contributed by atoms with van der Waals surface area (Å²) in [5.74, 6) is -0.383. The fourth-order valence-corrected chi connectivity index (χ4v) is 4.70. The largest absolute Gasteiger partial charge is 0.484 e. The van der Waals surface area contributed by atoms with Crippen LogP contribution in [0.15, 0.2) is 52.9 Å². The standard InChI is InChI=1S/C22H14Cl2N2O7S/c1-31-22(28)20-19(24)14-5-2-11(8-18(14)34-20)25-21(27)17-7-4-13(33-17)10-32-16-6-3-12(26(29)30)9-15(16)23/h2-9H,10H2,1H3,(H,25,27). The lowest BCUT2D eigenvalue weighted by Gasteiger charge is -2.06. The number of nitrogens with zero attached hydrogens (tertiary/aromatic N) is 1. The second-order valence-electron chi connectivity index (χ2n) is 6.83. The summed E-state index contributed by atoms with van der Waals surface area (Å²) >= 11 is 13.4. The van der Waals surface area contributed by atoms with E-state index in [0.717, 1.165) is 11.3 Å². The smallest absolute Gasteiger partial charge is 0.349 e. The first-order chi connectivity index (χ1) is 16.3. The molecular weight excluding hydrogens is 507 g/mol. The summed E-state index contributed by atoms with van der Waals surface area (Å²) in [4.78, 5) is 34.9. The monoisotopic (exact) mass is 520 g/mol. The Morgan fingerprint density at radius 1 is 1.15 bits per heavy atom. The van der Waals surface area contributed by atoms with Gasteiger partial charge in [0.25, 0.3) is 11.6 Å². The number of esters is 1. The van der Waals surface area contributed by atoms with Crippen LogP contribution in [0.2, 0.25) is 10.0 Å². The van der Waals surface area contributed by atoms with Gasteiger partial charge in [-0.25, -0.2) is 4.79 Å². The van der Waals surface area contributed by atoms with E-state index in [1.807, 2.05) is 0 Å². The van der Waals surface area contributed by atoms with Gasteiger partial charge < -0.3 is 19.2 Å². The van der Waals surface area contributed by atoms with Crippen LogP contribution >= 0.6 is 34.5 Å². The summed E-state index contributed by atoms with van der Waals surface area (Å²) in [6, 6.07) is 11.9. The SMILES string of the molecule is COC(=O)c1sc2cc(NC(=O)c3ccc(COc4ccc([N+](=O)[O-])cc4Cl)o3)ccc2c1Cl. The maximum absolute atomic E-state index is 12.6. The first-order valence-electron chi connectivity index (χ1n) is 9.54. The predicted molar refractivity (Wildman–Crippen MR) is 127 cm³/mol. The van der Waals surface area contributed by atoms with Gasteiger partial charge in [-0.05, 0) is 36.4 Å². The third-order valence-corrected chi connectivity index (χ3v) is 6.57. The summed E-state index contributed by atoms with van der Waals surface area (Å²) in [6.07, 6.45) is 0. The predicted octanol–water partition coefficient (Wildman–Crippen LogP) is 6.33. The van der Waals surface area contributed by atoms with Crippen LogP contribution in [-0.4, -0.2) is 23.9 Å². The van der Waals surface area contributed by atoms with E-state index >= 15 is 0 Å². The normalized spacial score (nSPS) is 10.8. The Kier molecular flexibility index (Phi) is 6.73. The molecule has 9 nitrogen and oxygen atoms in total. The van der Waals surface area contributed by atoms with Gasteiger partial charge in [-0.1, -0.05) is 23.2 Å². The molecular formula is C22H14Cl2N2O7S. The van der Waals surface area contributed by atoms with Gasteiger partial charge in [0, 0.05) is 27.9 Å². The molecule has 0 aliphatic carbocycles. The number of fused-ring (bicyclic) bond motifs is 1. The molecule has 1 N–H and O–H groups in total. The average molecular weight is 521 g/mol. The zero-order chi connectivity index (χ0) is 24.4. The molecule has 12 heteroatoms. The number of hydrogen-bond acceptors (Lipinski definition) is 8. The van der Waals surface area contributed by atoms with Gasteiger partial charge in [-0.15, -0.1) is 11.3 Å². The minimum absolute atomic E-state index is 0.0409. The van der Waals surface area contributed by atoms with Crippen molar-refractivity contribution >= 4 is 67.9 Å². The number of anilines is 1. The van der Waals surface area contributed by atoms with Gasteiger partial charge in [0.2, 0.25) is 0 Å². The zero-order valence-corrected chi connectivity index (χ0v) is 19.6. The molecule has 0 saturated heterocycles. The van der Waals surface area contributed by atoms with Crippen molar-refractivity contribution in [1.29, 1.82) is 0 Å². The third-order valence-electron chi connectivity index (χ3n) is 4.64. The van der Waals surface area contributed by atoms with E-state index in [2.05, 4.69) is 5.32 Å². The second kappa shape index (κ2) is 9.72. The Balaban J connectivity index is 1.43. The number of thiophene rings is 1. The molecule has 0 aliphatic rings. The summed E-state index contributed by atoms with van der Waals surface area (Å²) in [7, 11) is 1.28. The van der Waals surface area contributed by atoms with Gasteiger partial charge >= 0.3 is 5.97 Å². The summed E-state index contributed by atoms with van der Waals surface area (Å²) in [6.45, 7) is -0.0409. The van der Waals surface area contributed by atoms with Crippen molar-refractivity contribution in [3.63, 3.8) is 0 Å². The van der Waals surface area contributed by atoms with E-state index in [0.29, 0.717) is 26.6 Å². The number of rotatable bonds is 7. The number of amides is 1. The number of benzene rings is 2. The lowest BCUT2D eigenvalue weighted by Crippen LogP contribution is -2.10. The highest BCUT2D eigenvalue weighted by Gasteiger charge is 2.19. The minimum atomic E-state index is -0.560. The molecule has 0 aliphatic heterocycles. The van der Waals surface area contributed by atoms with Gasteiger partial charge in [0.1, 0.15) is 23.0 Å². The number of nitrogens with one attached hydrogen (secondary N) is 1. The van der Waals surface area contributed by atoms with E-state index in [9.17, 15) is 19.7 Å². The number of hydrogen-bond donors (Lipinski definition) is 1. The fourth-order valence-electron chi connectivity index (χ4n) is 3.01. The number of nitro groups is 1. The Labute approximate surface area is 205 Å². The molecule has 0 radical (unpaired) electrons. The molecule has 0 atom stereocenters. The van der Waals surface area contributed by atoms with Crippen LogP contribution in [-0.2, 0) is 11.3 Å². The van der Waals surface area contributed by atoms with Crippen LogP contribution in [0.5, 0.6) is 5.75 Å². The number of furan rings is 1. The van der Waals surface area contributed by atoms with Crippen LogP contribution < -0.4 is 10.1 Å². The Morgan fingerprint density at radius 3 is 2.65 bits per heavy atom. The van der Waals surface area contributed by atoms with Crippen LogP contribution in [0.3, 0.4) is 0 Å². The molecule has 34 heavy (non-hydrogen) atoms. The molecule has 1 amide bonds. The molecule has 174 valence electrons. The molecule has 2 heterocycles. The number of carbonyl (C=O) groups excluding carboxylic acids is 2. The number of halogens is 2. The number of non-ortho nitro benzene ring substituents is 1. The Bertz CT molecular complexity index is 1430. The van der Waals surface area contributed by atoms with Crippen LogP contribution in [0.25, 0.3) is 10.1 Å². The molecule has 4 rings (SSSR count). The van der Waals surface area contributed by atoms with Crippen molar-refractivity contribution in [2.24, 2.45) is 0 Å². The van der Waals surface area contributed by atoms with Crippen molar-refractivity contribution in [2.75, 3.05) is 12.4 Å². The minimum Gasteiger partial charge on any atom is -0.484 e. The molecule has 0 bridgehead atoms. The number of carbonyl (C=O) groups is 2. The van der Waals surface area contributed by atoms with Gasteiger partial charge in [-0.3, -0.25) is 14.9 Å². The number of methoxy groups -OCH3 is 1. The Morgan fingerprint density at radius 2 is 1.94 bits per heavy atom. The van der Waals surface area contributed by atoms with Crippen molar-refractivity contribution < 1.29 is 28.4 Å². The van der Waals surface area contributed by atoms with Crippen molar-refractivity contribution in [1.82, 2.24) is 0 Å². The van der Waals surface area contributed by atoms with E-state index in [4.69, 9.17) is 37.1 Å². The lowest BCUT2D eigenvalue weighted by atomic mass is 10.2. The lowest BCUT2D eigenvalue weighted by molar-refractivity contribution is -0.384. The summed E-state index contributed by atoms with van der Waals surface area (Å²) < 4.78 is 16.5. The topological polar surface area (TPSA) is 121 Å². The molecule has 2 aromatic heterocycles. The van der Waals surface area contributed by atoms with Crippen molar-refractivity contribution in [3.05, 3.63) is 85.1 Å². The fraction of sp³-hybridized carbons (Fsp3) is 0.0909. The highest BCUT2D eigenvalue weighted by Crippen LogP contribution is 2.37. The van der Waals surface area contributed by atoms with E-state index in [1.54, 1.807) is 24.3 Å². The van der Waals surface area contributed by atoms with E-state index in [-0.39, 0.29) is 33.7 Å². The van der Waals surface area contributed by atoms with Gasteiger partial charge in [0.15, 0.2) is 5.76 Å². The van der Waals surface area contributed by atoms with Gasteiger partial charge in [-0.2, -0.15) is 0 Å². The maximum Gasteiger partial charge on any atom is 0.349 e. The molecule has 0 saturated carbocycles. The van der Waals surface area contributed by atoms with Crippen molar-refractivity contribution in [2.45, 2.75) is 6.61 Å². The van der Waals surface area contributed by atoms with Crippen LogP contribution in [0, 0.1) is 10.1 Å². The first-order valence-corrected chi connectivity index (χ1v) is 11.1. The molecule has 2 aromatic carbocycles. The molecule has 0 spiro atoms. The van der Waals surface area contributed by atoms with Crippen molar-refractivity contribution in [3.8, 4) is 5.75 Å². The van der Waals surface area contributed by atoms with Gasteiger partial charge in [0.05, 0.1) is 22.1 Å². The van der Waals surface area contributed by atoms with E-state index in [1.165, 1.54) is 31.4 Å². The highest BCUT2D eigenvalue weighted by atomic mass is 35.5. The molecule has 0 unspecified atom stereocenters. The quantitative estimate of drug-likeness (QED) is 0.171. The first kappa shape index (κ1) is 23.6. The summed E-state index contributed by atoms with van der Waals surface area (Å²) in [5, 5.41) is 14.6. The average Bonchev–Trinajstić information content (AvgIpc) is 3.42. The summed E-state index contributed by atoms with van der Waals surface area (Å²) in [5.41, 5.74) is 0.331. The van der Waals surface area contributed by atoms with Crippen LogP contribution in [0.4, 0.5) is 11.4 Å². The maximum atomic E-state index is 12.6. The van der Waals surface area contributed by atoms with E-state index < -0.39 is 16.8 Å². The molecule has 4 aromatic rings. The second-order valence-corrected chi connectivity index (χ2v) is 8.67. The number of ether oxygens (including phenoxy) is 2. The zero-order valence-electron chi connectivity index (χ0n) is 17.3. The highest BCUT2D eigenvalue weighted by molar-refractivity contribution is 7.21. The number of nitro benzene ring substituents is 1. The van der Waals surface area contributed by atoms with Crippen LogP contribution in [0.1, 0.15) is 26.0 Å². The molecule has 0 fully saturated rings.